The fraction of sp³-hybridized carbons (Fsp3) is 0.400. The molecule has 1 aromatic carbocycles. The van der Waals surface area contributed by atoms with E-state index in [1.807, 2.05) is 13.0 Å². The summed E-state index contributed by atoms with van der Waals surface area (Å²) in [6, 6.07) is 5.71. The van der Waals surface area contributed by atoms with E-state index in [-0.39, 0.29) is 0 Å². The molecule has 1 aliphatic carbocycles. The molecule has 2 N–H and O–H groups in total. The lowest BCUT2D eigenvalue weighted by atomic mass is 10.0. The van der Waals surface area contributed by atoms with Gasteiger partial charge in [0, 0.05) is 12.6 Å². The minimum Gasteiger partial charge on any atom is -0.478 e. The van der Waals surface area contributed by atoms with Gasteiger partial charge in [0.05, 0.1) is 5.56 Å². The lowest BCUT2D eigenvalue weighted by molar-refractivity contribution is 0.0696. The monoisotopic (exact) mass is 245 g/mol. The Morgan fingerprint density at radius 3 is 3.00 bits per heavy atom. The molecule has 2 rings (SSSR count). The normalized spacial score (nSPS) is 18.8. The number of hydrogen-bond acceptors (Lipinski definition) is 2. The molecule has 1 aromatic rings. The van der Waals surface area contributed by atoms with Crippen molar-refractivity contribution in [1.82, 2.24) is 5.32 Å². The maximum Gasteiger partial charge on any atom is 0.335 e. The third-order valence-corrected chi connectivity index (χ3v) is 3.41. The number of rotatable bonds is 4. The maximum atomic E-state index is 10.9. The first kappa shape index (κ1) is 12.8. The summed E-state index contributed by atoms with van der Waals surface area (Å²) >= 11 is 0. The van der Waals surface area contributed by atoms with Crippen LogP contribution in [0.2, 0.25) is 0 Å². The van der Waals surface area contributed by atoms with Crippen LogP contribution in [-0.4, -0.2) is 17.1 Å². The van der Waals surface area contributed by atoms with Crippen molar-refractivity contribution in [3.63, 3.8) is 0 Å². The number of benzene rings is 1. The van der Waals surface area contributed by atoms with Crippen molar-refractivity contribution in [2.45, 2.75) is 38.8 Å². The summed E-state index contributed by atoms with van der Waals surface area (Å²) in [6.45, 7) is 2.74. The van der Waals surface area contributed by atoms with E-state index < -0.39 is 5.97 Å². The molecule has 18 heavy (non-hydrogen) atoms. The highest BCUT2D eigenvalue weighted by molar-refractivity contribution is 5.87. The summed E-state index contributed by atoms with van der Waals surface area (Å²) in [5.74, 6) is -0.867. The zero-order valence-electron chi connectivity index (χ0n) is 10.6. The average molecular weight is 245 g/mol. The molecule has 0 aromatic heterocycles. The van der Waals surface area contributed by atoms with Crippen molar-refractivity contribution in [2.75, 3.05) is 0 Å². The van der Waals surface area contributed by atoms with Gasteiger partial charge in [-0.2, -0.15) is 0 Å². The molecule has 96 valence electrons. The highest BCUT2D eigenvalue weighted by atomic mass is 16.4. The van der Waals surface area contributed by atoms with E-state index in [2.05, 4.69) is 17.5 Å². The zero-order chi connectivity index (χ0) is 13.0. The molecule has 0 heterocycles. The molecule has 1 unspecified atom stereocenters. The van der Waals surface area contributed by atoms with Crippen LogP contribution in [0.25, 0.3) is 0 Å². The Bertz CT molecular complexity index is 466. The van der Waals surface area contributed by atoms with Crippen LogP contribution in [0.1, 0.15) is 40.7 Å². The van der Waals surface area contributed by atoms with Gasteiger partial charge in [-0.05, 0) is 49.4 Å². The molecule has 1 atom stereocenters. The third kappa shape index (κ3) is 3.20. The molecule has 3 heteroatoms. The van der Waals surface area contributed by atoms with Gasteiger partial charge in [0.25, 0.3) is 0 Å². The lowest BCUT2D eigenvalue weighted by Gasteiger charge is -2.18. The SMILES string of the molecule is Cc1ccc(C(=O)O)cc1CNC1C=CCCC1. The van der Waals surface area contributed by atoms with Crippen molar-refractivity contribution in [3.05, 3.63) is 47.0 Å². The zero-order valence-corrected chi connectivity index (χ0v) is 10.6. The summed E-state index contributed by atoms with van der Waals surface area (Å²) in [5.41, 5.74) is 2.55. The molecule has 0 saturated carbocycles. The van der Waals surface area contributed by atoms with Crippen molar-refractivity contribution >= 4 is 5.97 Å². The average Bonchev–Trinajstić information content (AvgIpc) is 2.38. The van der Waals surface area contributed by atoms with Crippen LogP contribution in [0.5, 0.6) is 0 Å². The molecule has 0 amide bonds. The smallest absolute Gasteiger partial charge is 0.335 e. The molecular weight excluding hydrogens is 226 g/mol. The molecule has 0 fully saturated rings. The minimum absolute atomic E-state index is 0.358. The number of carboxylic acid groups (broad SMARTS) is 1. The van der Waals surface area contributed by atoms with E-state index in [1.54, 1.807) is 12.1 Å². The van der Waals surface area contributed by atoms with E-state index in [0.717, 1.165) is 24.1 Å². The quantitative estimate of drug-likeness (QED) is 0.802. The fourth-order valence-corrected chi connectivity index (χ4v) is 2.22. The summed E-state index contributed by atoms with van der Waals surface area (Å²) in [6.07, 6.45) is 7.98. The Labute approximate surface area is 108 Å². The number of hydrogen-bond donors (Lipinski definition) is 2. The maximum absolute atomic E-state index is 10.9. The number of carbonyl (C=O) groups is 1. The molecule has 0 spiro atoms. The van der Waals surface area contributed by atoms with Crippen molar-refractivity contribution in [2.24, 2.45) is 0 Å². The summed E-state index contributed by atoms with van der Waals surface area (Å²) < 4.78 is 0. The van der Waals surface area contributed by atoms with Crippen molar-refractivity contribution < 1.29 is 9.90 Å². The van der Waals surface area contributed by atoms with Crippen LogP contribution < -0.4 is 5.32 Å². The number of aryl methyl sites for hydroxylation is 1. The highest BCUT2D eigenvalue weighted by Crippen LogP contribution is 2.14. The first-order valence-electron chi connectivity index (χ1n) is 6.39. The van der Waals surface area contributed by atoms with Crippen LogP contribution in [0.4, 0.5) is 0 Å². The lowest BCUT2D eigenvalue weighted by Crippen LogP contribution is -2.28. The number of allylic oxidation sites excluding steroid dienone is 1. The molecule has 0 bridgehead atoms. The van der Waals surface area contributed by atoms with E-state index in [4.69, 9.17) is 5.11 Å². The Balaban J connectivity index is 2.03. The van der Waals surface area contributed by atoms with Crippen molar-refractivity contribution in [1.29, 1.82) is 0 Å². The van der Waals surface area contributed by atoms with Gasteiger partial charge in [-0.3, -0.25) is 0 Å². The molecule has 3 nitrogen and oxygen atoms in total. The van der Waals surface area contributed by atoms with Crippen LogP contribution in [0.3, 0.4) is 0 Å². The first-order valence-corrected chi connectivity index (χ1v) is 6.39. The third-order valence-electron chi connectivity index (χ3n) is 3.41. The fourth-order valence-electron chi connectivity index (χ4n) is 2.22. The van der Waals surface area contributed by atoms with E-state index in [1.165, 1.54) is 12.8 Å². The largest absolute Gasteiger partial charge is 0.478 e. The second-order valence-corrected chi connectivity index (χ2v) is 4.79. The number of carboxylic acids is 1. The van der Waals surface area contributed by atoms with Crippen molar-refractivity contribution in [3.8, 4) is 0 Å². The van der Waals surface area contributed by atoms with Gasteiger partial charge < -0.3 is 10.4 Å². The number of nitrogens with one attached hydrogen (secondary N) is 1. The van der Waals surface area contributed by atoms with Gasteiger partial charge in [0.2, 0.25) is 0 Å². The van der Waals surface area contributed by atoms with Gasteiger partial charge in [-0.1, -0.05) is 18.2 Å². The summed E-state index contributed by atoms with van der Waals surface area (Å²) in [4.78, 5) is 10.9. The van der Waals surface area contributed by atoms with E-state index in [9.17, 15) is 4.79 Å². The minimum atomic E-state index is -0.867. The van der Waals surface area contributed by atoms with Crippen LogP contribution in [0.15, 0.2) is 30.4 Å². The van der Waals surface area contributed by atoms with Crippen LogP contribution in [0, 0.1) is 6.92 Å². The Hall–Kier alpha value is -1.61. The second-order valence-electron chi connectivity index (χ2n) is 4.79. The predicted octanol–water partition coefficient (Wildman–Crippen LogP) is 2.89. The van der Waals surface area contributed by atoms with Gasteiger partial charge in [-0.25, -0.2) is 4.79 Å². The van der Waals surface area contributed by atoms with Gasteiger partial charge in [-0.15, -0.1) is 0 Å². The summed E-state index contributed by atoms with van der Waals surface area (Å²) in [5, 5.41) is 12.5. The second kappa shape index (κ2) is 5.83. The molecule has 0 radical (unpaired) electrons. The highest BCUT2D eigenvalue weighted by Gasteiger charge is 2.10. The van der Waals surface area contributed by atoms with Crippen LogP contribution in [-0.2, 0) is 6.54 Å². The Morgan fingerprint density at radius 2 is 2.33 bits per heavy atom. The Morgan fingerprint density at radius 1 is 1.50 bits per heavy atom. The predicted molar refractivity (Wildman–Crippen MR) is 71.8 cm³/mol. The molecule has 1 aliphatic rings. The Kier molecular flexibility index (Phi) is 4.15. The van der Waals surface area contributed by atoms with E-state index in [0.29, 0.717) is 11.6 Å². The molecule has 0 aliphatic heterocycles. The molecule has 0 saturated heterocycles. The topological polar surface area (TPSA) is 49.3 Å². The molecular formula is C15H19NO2. The van der Waals surface area contributed by atoms with Gasteiger partial charge >= 0.3 is 5.97 Å². The summed E-state index contributed by atoms with van der Waals surface area (Å²) in [7, 11) is 0. The standard InChI is InChI=1S/C15H19NO2/c1-11-7-8-12(15(17)18)9-13(11)10-16-14-5-3-2-4-6-14/h3,5,7-9,14,16H,2,4,6,10H2,1H3,(H,17,18). The van der Waals surface area contributed by atoms with Gasteiger partial charge in [0.1, 0.15) is 0 Å². The first-order chi connectivity index (χ1) is 8.66. The van der Waals surface area contributed by atoms with E-state index >= 15 is 0 Å². The van der Waals surface area contributed by atoms with Crippen LogP contribution >= 0.6 is 0 Å². The number of aromatic carboxylic acids is 1. The van der Waals surface area contributed by atoms with Gasteiger partial charge in [0.15, 0.2) is 0 Å².